The molecule has 4 nitrogen and oxygen atoms in total. The molecule has 0 amide bonds. The van der Waals surface area contributed by atoms with Crippen LogP contribution in [0.25, 0.3) is 10.8 Å². The first-order valence-corrected chi connectivity index (χ1v) is 8.10. The molecule has 0 N–H and O–H groups in total. The summed E-state index contributed by atoms with van der Waals surface area (Å²) in [5.74, 6) is -0.830. The van der Waals surface area contributed by atoms with Gasteiger partial charge in [0, 0.05) is 11.0 Å². The number of hydrogen-bond donors (Lipinski definition) is 0. The summed E-state index contributed by atoms with van der Waals surface area (Å²) in [6.07, 6.45) is 0. The molecule has 0 bridgehead atoms. The zero-order chi connectivity index (χ0) is 15.5. The van der Waals surface area contributed by atoms with E-state index in [9.17, 15) is 13.2 Å². The van der Waals surface area contributed by atoms with Crippen molar-refractivity contribution >= 4 is 26.6 Å². The van der Waals surface area contributed by atoms with Crippen LogP contribution in [0.2, 0.25) is 0 Å². The Morgan fingerprint density at radius 3 is 2.52 bits per heavy atom. The van der Waals surface area contributed by atoms with Crippen molar-refractivity contribution in [3.05, 3.63) is 54.6 Å². The Balaban J connectivity index is 2.22. The Kier molecular flexibility index (Phi) is 4.43. The Morgan fingerprint density at radius 2 is 1.81 bits per heavy atom. The highest BCUT2D eigenvalue weighted by molar-refractivity contribution is 7.91. The highest BCUT2D eigenvalue weighted by Crippen LogP contribution is 2.23. The van der Waals surface area contributed by atoms with Crippen molar-refractivity contribution in [3.8, 4) is 0 Å². The highest BCUT2D eigenvalue weighted by Gasteiger charge is 2.18. The molecule has 110 valence electrons. The minimum absolute atomic E-state index is 0.183. The number of fused-ring (bicyclic) bond motifs is 1. The quantitative estimate of drug-likeness (QED) is 0.629. The first-order valence-electron chi connectivity index (χ1n) is 6.45. The molecular formula is C16H16O4S. The summed E-state index contributed by atoms with van der Waals surface area (Å²) in [5, 5.41) is 1.53. The minimum Gasteiger partial charge on any atom is -0.461 e. The predicted molar refractivity (Wildman–Crippen MR) is 81.8 cm³/mol. The van der Waals surface area contributed by atoms with Gasteiger partial charge in [-0.2, -0.15) is 0 Å². The van der Waals surface area contributed by atoms with Crippen LogP contribution in [0, 0.1) is 0 Å². The van der Waals surface area contributed by atoms with E-state index in [2.05, 4.69) is 6.58 Å². The summed E-state index contributed by atoms with van der Waals surface area (Å²) in [7, 11) is -3.52. The van der Waals surface area contributed by atoms with E-state index >= 15 is 0 Å². The second-order valence-corrected chi connectivity index (χ2v) is 6.79. The number of ether oxygens (including phenoxy) is 1. The Hall–Kier alpha value is -2.14. The number of hydrogen-bond acceptors (Lipinski definition) is 4. The second kappa shape index (κ2) is 6.10. The molecule has 0 aromatic heterocycles. The number of sulfone groups is 1. The monoisotopic (exact) mass is 304 g/mol. The van der Waals surface area contributed by atoms with E-state index in [1.807, 2.05) is 18.2 Å². The molecule has 0 radical (unpaired) electrons. The Labute approximate surface area is 124 Å². The highest BCUT2D eigenvalue weighted by atomic mass is 32.2. The maximum absolute atomic E-state index is 12.4. The zero-order valence-electron chi connectivity index (χ0n) is 11.7. The van der Waals surface area contributed by atoms with Gasteiger partial charge in [-0.15, -0.1) is 0 Å². The van der Waals surface area contributed by atoms with E-state index in [0.717, 1.165) is 5.39 Å². The van der Waals surface area contributed by atoms with Crippen molar-refractivity contribution in [2.24, 2.45) is 0 Å². The minimum atomic E-state index is -3.52. The van der Waals surface area contributed by atoms with Crippen LogP contribution in [-0.2, 0) is 19.4 Å². The second-order valence-electron chi connectivity index (χ2n) is 4.71. The third kappa shape index (κ3) is 3.49. The van der Waals surface area contributed by atoms with Gasteiger partial charge in [-0.25, -0.2) is 13.2 Å². The molecule has 5 heteroatoms. The summed E-state index contributed by atoms with van der Waals surface area (Å²) >= 11 is 0. The average molecular weight is 304 g/mol. The molecule has 2 rings (SSSR count). The smallest absolute Gasteiger partial charge is 0.333 e. The lowest BCUT2D eigenvalue weighted by molar-refractivity contribution is -0.138. The number of esters is 1. The lowest BCUT2D eigenvalue weighted by Crippen LogP contribution is -2.16. The van der Waals surface area contributed by atoms with Crippen molar-refractivity contribution in [1.82, 2.24) is 0 Å². The van der Waals surface area contributed by atoms with Gasteiger partial charge in [-0.05, 0) is 18.4 Å². The van der Waals surface area contributed by atoms with E-state index in [0.29, 0.717) is 5.39 Å². The van der Waals surface area contributed by atoms with E-state index in [1.54, 1.807) is 24.3 Å². The van der Waals surface area contributed by atoms with Crippen molar-refractivity contribution in [3.63, 3.8) is 0 Å². The maximum atomic E-state index is 12.4. The molecule has 2 aromatic carbocycles. The molecule has 0 fully saturated rings. The third-order valence-electron chi connectivity index (χ3n) is 3.02. The fraction of sp³-hybridized carbons (Fsp3) is 0.188. The first-order chi connectivity index (χ1) is 9.92. The first kappa shape index (κ1) is 15.3. The van der Waals surface area contributed by atoms with Crippen LogP contribution in [0.1, 0.15) is 6.92 Å². The van der Waals surface area contributed by atoms with E-state index in [-0.39, 0.29) is 22.8 Å². The molecule has 0 aliphatic carbocycles. The van der Waals surface area contributed by atoms with Crippen molar-refractivity contribution < 1.29 is 17.9 Å². The number of carbonyl (C=O) groups excluding carboxylic acids is 1. The van der Waals surface area contributed by atoms with Crippen LogP contribution in [0.3, 0.4) is 0 Å². The van der Waals surface area contributed by atoms with Crippen LogP contribution in [-0.4, -0.2) is 26.7 Å². The lowest BCUT2D eigenvalue weighted by Gasteiger charge is -2.08. The fourth-order valence-corrected chi connectivity index (χ4v) is 3.27. The molecule has 0 unspecified atom stereocenters. The molecule has 2 aromatic rings. The van der Waals surface area contributed by atoms with Crippen molar-refractivity contribution in [2.45, 2.75) is 11.8 Å². The summed E-state index contributed by atoms with van der Waals surface area (Å²) in [4.78, 5) is 11.5. The van der Waals surface area contributed by atoms with Gasteiger partial charge in [0.15, 0.2) is 9.84 Å². The fourth-order valence-electron chi connectivity index (χ4n) is 1.94. The van der Waals surface area contributed by atoms with Gasteiger partial charge in [-0.1, -0.05) is 43.0 Å². The van der Waals surface area contributed by atoms with Crippen molar-refractivity contribution in [1.29, 1.82) is 0 Å². The standard InChI is InChI=1S/C16H16O4S/c1-12(2)16(17)20-10-11-21(18,19)15-9-5-7-13-6-3-4-8-14(13)15/h3-9H,1,10-11H2,2H3. The molecule has 0 heterocycles. The molecule has 0 spiro atoms. The van der Waals surface area contributed by atoms with Gasteiger partial charge in [0.25, 0.3) is 0 Å². The summed E-state index contributed by atoms with van der Waals surface area (Å²) in [6, 6.07) is 12.4. The van der Waals surface area contributed by atoms with Crippen LogP contribution < -0.4 is 0 Å². The predicted octanol–water partition coefficient (Wildman–Crippen LogP) is 2.73. The SMILES string of the molecule is C=C(C)C(=O)OCCS(=O)(=O)c1cccc2ccccc12. The number of carbonyl (C=O) groups is 1. The van der Waals surface area contributed by atoms with Gasteiger partial charge >= 0.3 is 5.97 Å². The summed E-state index contributed by atoms with van der Waals surface area (Å²) < 4.78 is 29.6. The van der Waals surface area contributed by atoms with Gasteiger partial charge in [0.05, 0.1) is 10.6 Å². The molecule has 0 saturated heterocycles. The largest absolute Gasteiger partial charge is 0.461 e. The summed E-state index contributed by atoms with van der Waals surface area (Å²) in [6.45, 7) is 4.78. The third-order valence-corrected chi connectivity index (χ3v) is 4.75. The van der Waals surface area contributed by atoms with Gasteiger partial charge in [0.1, 0.15) is 6.61 Å². The average Bonchev–Trinajstić information content (AvgIpc) is 2.46. The van der Waals surface area contributed by atoms with Crippen LogP contribution in [0.15, 0.2) is 59.5 Å². The summed E-state index contributed by atoms with van der Waals surface area (Å²) in [5.41, 5.74) is 0.248. The van der Waals surface area contributed by atoms with E-state index < -0.39 is 15.8 Å². The van der Waals surface area contributed by atoms with Gasteiger partial charge < -0.3 is 4.74 Å². The molecule has 0 aliphatic heterocycles. The lowest BCUT2D eigenvalue weighted by atomic mass is 10.1. The molecule has 0 atom stereocenters. The van der Waals surface area contributed by atoms with E-state index in [4.69, 9.17) is 4.74 Å². The Morgan fingerprint density at radius 1 is 1.14 bits per heavy atom. The zero-order valence-corrected chi connectivity index (χ0v) is 12.5. The van der Waals surface area contributed by atoms with E-state index in [1.165, 1.54) is 6.92 Å². The van der Waals surface area contributed by atoms with Gasteiger partial charge in [-0.3, -0.25) is 0 Å². The van der Waals surface area contributed by atoms with Crippen LogP contribution in [0.5, 0.6) is 0 Å². The van der Waals surface area contributed by atoms with Gasteiger partial charge in [0.2, 0.25) is 0 Å². The number of benzene rings is 2. The molecule has 21 heavy (non-hydrogen) atoms. The maximum Gasteiger partial charge on any atom is 0.333 e. The van der Waals surface area contributed by atoms with Crippen LogP contribution in [0.4, 0.5) is 0 Å². The molecule has 0 saturated carbocycles. The topological polar surface area (TPSA) is 60.4 Å². The Bertz CT molecular complexity index is 786. The normalized spacial score (nSPS) is 11.3. The number of rotatable bonds is 5. The molecule has 0 aliphatic rings. The van der Waals surface area contributed by atoms with Crippen LogP contribution >= 0.6 is 0 Å². The molecular weight excluding hydrogens is 288 g/mol. The van der Waals surface area contributed by atoms with Crippen molar-refractivity contribution in [2.75, 3.05) is 12.4 Å².